The smallest absolute Gasteiger partial charge is 0.202 e. The van der Waals surface area contributed by atoms with Gasteiger partial charge in [-0.25, -0.2) is 4.98 Å². The van der Waals surface area contributed by atoms with Gasteiger partial charge in [0.2, 0.25) is 5.95 Å². The van der Waals surface area contributed by atoms with Crippen LogP contribution in [-0.4, -0.2) is 23.1 Å². The second-order valence-electron chi connectivity index (χ2n) is 3.28. The van der Waals surface area contributed by atoms with Gasteiger partial charge in [0.25, 0.3) is 0 Å². The summed E-state index contributed by atoms with van der Waals surface area (Å²) in [7, 11) is 0. The molecule has 0 radical (unpaired) electrons. The van der Waals surface area contributed by atoms with Gasteiger partial charge in [-0.15, -0.1) is 0 Å². The standard InChI is InChI=1S/C9H15N3.2C2H6/c1-2-8-7-10-9(11-8)12-5-3-4-6-12;2*1-2/h7H,2-6H2,1H3,(H,10,11);2*1-2H3. The van der Waals surface area contributed by atoms with Gasteiger partial charge in [0.15, 0.2) is 0 Å². The van der Waals surface area contributed by atoms with E-state index in [1.807, 2.05) is 33.9 Å². The van der Waals surface area contributed by atoms with Gasteiger partial charge in [0.05, 0.1) is 6.20 Å². The predicted molar refractivity (Wildman–Crippen MR) is 72.1 cm³/mol. The lowest BCUT2D eigenvalue weighted by atomic mass is 10.4. The number of nitrogens with one attached hydrogen (secondary N) is 1. The highest BCUT2D eigenvalue weighted by molar-refractivity contribution is 5.32. The Morgan fingerprint density at radius 1 is 1.19 bits per heavy atom. The molecule has 3 heteroatoms. The minimum atomic E-state index is 1.04. The van der Waals surface area contributed by atoms with Gasteiger partial charge in [-0.2, -0.15) is 0 Å². The number of anilines is 1. The highest BCUT2D eigenvalue weighted by Crippen LogP contribution is 2.15. The first-order valence-corrected chi connectivity index (χ1v) is 6.69. The molecule has 1 fully saturated rings. The number of nitrogens with zero attached hydrogens (tertiary/aromatic N) is 2. The van der Waals surface area contributed by atoms with E-state index < -0.39 is 0 Å². The van der Waals surface area contributed by atoms with Crippen LogP contribution in [0.4, 0.5) is 5.95 Å². The first-order valence-electron chi connectivity index (χ1n) is 6.69. The van der Waals surface area contributed by atoms with Crippen molar-refractivity contribution >= 4 is 5.95 Å². The molecule has 0 saturated carbocycles. The summed E-state index contributed by atoms with van der Waals surface area (Å²) >= 11 is 0. The summed E-state index contributed by atoms with van der Waals surface area (Å²) in [6.07, 6.45) is 5.60. The molecule has 2 rings (SSSR count). The molecule has 0 atom stereocenters. The molecule has 1 N–H and O–H groups in total. The van der Waals surface area contributed by atoms with E-state index in [4.69, 9.17) is 0 Å². The number of rotatable bonds is 2. The molecule has 1 aliphatic rings. The Bertz CT molecular complexity index is 249. The van der Waals surface area contributed by atoms with Crippen molar-refractivity contribution in [2.24, 2.45) is 0 Å². The molecule has 1 aromatic rings. The largest absolute Gasteiger partial charge is 0.342 e. The van der Waals surface area contributed by atoms with Crippen LogP contribution in [-0.2, 0) is 6.42 Å². The van der Waals surface area contributed by atoms with E-state index >= 15 is 0 Å². The van der Waals surface area contributed by atoms with Gasteiger partial charge < -0.3 is 9.88 Å². The Balaban J connectivity index is 0.000000509. The van der Waals surface area contributed by atoms with Crippen LogP contribution in [0.25, 0.3) is 0 Å². The Kier molecular flexibility index (Phi) is 8.68. The number of aromatic amines is 1. The van der Waals surface area contributed by atoms with Gasteiger partial charge >= 0.3 is 0 Å². The van der Waals surface area contributed by atoms with Crippen LogP contribution in [0, 0.1) is 0 Å². The van der Waals surface area contributed by atoms with E-state index in [0.29, 0.717) is 0 Å². The fourth-order valence-electron chi connectivity index (χ4n) is 1.62. The van der Waals surface area contributed by atoms with Crippen LogP contribution in [0.1, 0.15) is 53.2 Å². The van der Waals surface area contributed by atoms with Crippen molar-refractivity contribution in [1.29, 1.82) is 0 Å². The van der Waals surface area contributed by atoms with Crippen LogP contribution in [0.5, 0.6) is 0 Å². The predicted octanol–water partition coefficient (Wildman–Crippen LogP) is 3.62. The molecule has 0 aromatic carbocycles. The van der Waals surface area contributed by atoms with Gasteiger partial charge in [-0.05, 0) is 19.3 Å². The maximum atomic E-state index is 4.34. The van der Waals surface area contributed by atoms with Gasteiger partial charge in [0, 0.05) is 18.8 Å². The zero-order chi connectivity index (χ0) is 12.4. The van der Waals surface area contributed by atoms with Crippen molar-refractivity contribution in [1.82, 2.24) is 9.97 Å². The van der Waals surface area contributed by atoms with Crippen LogP contribution in [0.15, 0.2) is 6.20 Å². The van der Waals surface area contributed by atoms with Crippen LogP contribution in [0.3, 0.4) is 0 Å². The molecular weight excluding hydrogens is 198 g/mol. The fraction of sp³-hybridized carbons (Fsp3) is 0.769. The number of H-pyrrole nitrogens is 1. The molecule has 0 unspecified atom stereocenters. The van der Waals surface area contributed by atoms with Crippen molar-refractivity contribution in [3.63, 3.8) is 0 Å². The second-order valence-corrected chi connectivity index (χ2v) is 3.28. The van der Waals surface area contributed by atoms with Crippen molar-refractivity contribution in [3.05, 3.63) is 11.9 Å². The summed E-state index contributed by atoms with van der Waals surface area (Å²) in [5.41, 5.74) is 1.23. The molecule has 0 bridgehead atoms. The Hall–Kier alpha value is -0.990. The lowest BCUT2D eigenvalue weighted by Gasteiger charge is -2.12. The molecule has 94 valence electrons. The van der Waals surface area contributed by atoms with Crippen LogP contribution in [0.2, 0.25) is 0 Å². The summed E-state index contributed by atoms with van der Waals surface area (Å²) in [6, 6.07) is 0. The maximum Gasteiger partial charge on any atom is 0.202 e. The number of hydrogen-bond donors (Lipinski definition) is 1. The van der Waals surface area contributed by atoms with Crippen molar-refractivity contribution < 1.29 is 0 Å². The molecule has 1 saturated heterocycles. The highest BCUT2D eigenvalue weighted by atomic mass is 15.3. The van der Waals surface area contributed by atoms with Gasteiger partial charge in [-0.1, -0.05) is 34.6 Å². The Morgan fingerprint density at radius 2 is 1.75 bits per heavy atom. The average molecular weight is 225 g/mol. The third-order valence-electron chi connectivity index (χ3n) is 2.40. The van der Waals surface area contributed by atoms with Crippen molar-refractivity contribution in [2.45, 2.75) is 53.9 Å². The molecule has 2 heterocycles. The molecule has 0 spiro atoms. The topological polar surface area (TPSA) is 31.9 Å². The van der Waals surface area contributed by atoms with E-state index in [2.05, 4.69) is 21.8 Å². The third kappa shape index (κ3) is 4.25. The van der Waals surface area contributed by atoms with E-state index in [-0.39, 0.29) is 0 Å². The van der Waals surface area contributed by atoms with Crippen LogP contribution >= 0.6 is 0 Å². The molecule has 16 heavy (non-hydrogen) atoms. The summed E-state index contributed by atoms with van der Waals surface area (Å²) < 4.78 is 0. The highest BCUT2D eigenvalue weighted by Gasteiger charge is 2.14. The normalized spacial score (nSPS) is 13.7. The van der Waals surface area contributed by atoms with Crippen LogP contribution < -0.4 is 4.90 Å². The first kappa shape index (κ1) is 15.0. The first-order chi connectivity index (χ1) is 7.90. The minimum Gasteiger partial charge on any atom is -0.342 e. The van der Waals surface area contributed by atoms with Crippen molar-refractivity contribution in [2.75, 3.05) is 18.0 Å². The van der Waals surface area contributed by atoms with E-state index in [1.165, 1.54) is 18.5 Å². The molecule has 3 nitrogen and oxygen atoms in total. The average Bonchev–Trinajstić information content (AvgIpc) is 3.04. The SMILES string of the molecule is CC.CC.CCc1cnc(N2CCCC2)[nH]1. The lowest BCUT2D eigenvalue weighted by Crippen LogP contribution is -2.18. The number of aromatic nitrogens is 2. The fourth-order valence-corrected chi connectivity index (χ4v) is 1.62. The zero-order valence-corrected chi connectivity index (χ0v) is 11.5. The lowest BCUT2D eigenvalue weighted by molar-refractivity contribution is 0.910. The van der Waals surface area contributed by atoms with E-state index in [0.717, 1.165) is 25.5 Å². The molecule has 1 aromatic heterocycles. The van der Waals surface area contributed by atoms with E-state index in [9.17, 15) is 0 Å². The monoisotopic (exact) mass is 225 g/mol. The Morgan fingerprint density at radius 3 is 2.19 bits per heavy atom. The van der Waals surface area contributed by atoms with Crippen molar-refractivity contribution in [3.8, 4) is 0 Å². The van der Waals surface area contributed by atoms with Gasteiger partial charge in [-0.3, -0.25) is 0 Å². The molecule has 0 aliphatic carbocycles. The molecule has 1 aliphatic heterocycles. The maximum absolute atomic E-state index is 4.34. The second kappa shape index (κ2) is 9.25. The number of hydrogen-bond acceptors (Lipinski definition) is 2. The summed E-state index contributed by atoms with van der Waals surface area (Å²) in [6.45, 7) is 12.5. The number of imidazole rings is 1. The number of aryl methyl sites for hydroxylation is 1. The molecule has 0 amide bonds. The summed E-state index contributed by atoms with van der Waals surface area (Å²) in [4.78, 5) is 9.98. The third-order valence-corrected chi connectivity index (χ3v) is 2.40. The van der Waals surface area contributed by atoms with Gasteiger partial charge in [0.1, 0.15) is 0 Å². The molecular formula is C13H27N3. The quantitative estimate of drug-likeness (QED) is 0.833. The summed E-state index contributed by atoms with van der Waals surface area (Å²) in [5.74, 6) is 1.06. The Labute approximate surface area is 100 Å². The minimum absolute atomic E-state index is 1.04. The zero-order valence-electron chi connectivity index (χ0n) is 11.5. The van der Waals surface area contributed by atoms with E-state index in [1.54, 1.807) is 0 Å². The summed E-state index contributed by atoms with van der Waals surface area (Å²) in [5, 5.41) is 0.